The molecular formula is C19H20ClNO3S2. The third kappa shape index (κ3) is 3.05. The van der Waals surface area contributed by atoms with Gasteiger partial charge in [0.05, 0.1) is 27.2 Å². The van der Waals surface area contributed by atoms with Gasteiger partial charge in [-0.2, -0.15) is 0 Å². The van der Waals surface area contributed by atoms with Crippen LogP contribution in [0.15, 0.2) is 53.4 Å². The van der Waals surface area contributed by atoms with Crippen LogP contribution in [0.4, 0.5) is 0 Å². The molecule has 7 heteroatoms. The fourth-order valence-corrected chi connectivity index (χ4v) is 6.55. The lowest BCUT2D eigenvalue weighted by Gasteiger charge is -2.16. The van der Waals surface area contributed by atoms with E-state index in [2.05, 4.69) is 0 Å². The smallest absolute Gasteiger partial charge is 0.182 e. The molecule has 1 saturated carbocycles. The van der Waals surface area contributed by atoms with Crippen molar-refractivity contribution in [1.82, 2.24) is 0 Å². The number of nitrogens with two attached hydrogens (primary N) is 1. The Kier molecular flexibility index (Phi) is 5.14. The molecule has 0 aromatic heterocycles. The lowest BCUT2D eigenvalue weighted by atomic mass is 9.99. The number of methoxy groups -OCH3 is 1. The Hall–Kier alpha value is -1.47. The fraction of sp³-hybridized carbons (Fsp3) is 0.316. The quantitative estimate of drug-likeness (QED) is 0.739. The predicted molar refractivity (Wildman–Crippen MR) is 107 cm³/mol. The number of benzene rings is 2. The number of hydrogen-bond acceptors (Lipinski definition) is 4. The first-order chi connectivity index (χ1) is 12.2. The molecule has 4 nitrogen and oxygen atoms in total. The highest BCUT2D eigenvalue weighted by atomic mass is 35.5. The number of aryl methyl sites for hydroxylation is 1. The highest BCUT2D eigenvalue weighted by molar-refractivity contribution is 7.92. The molecule has 2 N–H and O–H groups in total. The summed E-state index contributed by atoms with van der Waals surface area (Å²) < 4.78 is 32.0. The van der Waals surface area contributed by atoms with Gasteiger partial charge < -0.3 is 10.5 Å². The maximum atomic E-state index is 13.3. The van der Waals surface area contributed by atoms with Crippen LogP contribution >= 0.6 is 23.8 Å². The maximum Gasteiger partial charge on any atom is 0.182 e. The largest absolute Gasteiger partial charge is 0.393 e. The molecule has 26 heavy (non-hydrogen) atoms. The highest BCUT2D eigenvalue weighted by Gasteiger charge is 2.73. The first-order valence-corrected chi connectivity index (χ1v) is 10.4. The van der Waals surface area contributed by atoms with E-state index >= 15 is 0 Å². The number of sulfone groups is 1. The van der Waals surface area contributed by atoms with E-state index in [0.717, 1.165) is 11.1 Å². The van der Waals surface area contributed by atoms with Crippen LogP contribution in [0.1, 0.15) is 17.0 Å². The van der Waals surface area contributed by atoms with Gasteiger partial charge in [0.1, 0.15) is 0 Å². The second-order valence-electron chi connectivity index (χ2n) is 6.65. The molecular weight excluding hydrogens is 390 g/mol. The minimum Gasteiger partial charge on any atom is -0.393 e. The van der Waals surface area contributed by atoms with Crippen molar-refractivity contribution in [2.24, 2.45) is 11.1 Å². The van der Waals surface area contributed by atoms with Crippen molar-refractivity contribution in [1.29, 1.82) is 0 Å². The first-order valence-electron chi connectivity index (χ1n) is 8.10. The Morgan fingerprint density at radius 2 is 1.77 bits per heavy atom. The van der Waals surface area contributed by atoms with Crippen LogP contribution in [0.3, 0.4) is 0 Å². The van der Waals surface area contributed by atoms with E-state index in [4.69, 9.17) is 34.3 Å². The van der Waals surface area contributed by atoms with Crippen LogP contribution in [-0.2, 0) is 14.6 Å². The summed E-state index contributed by atoms with van der Waals surface area (Å²) >= 11 is 11.2. The zero-order valence-electron chi connectivity index (χ0n) is 14.5. The van der Waals surface area contributed by atoms with Gasteiger partial charge in [-0.15, -0.1) is 0 Å². The SMILES string of the molecule is COC[C@@]1(C(N)=S)[C@@H](c2ccc(C)cc2)[C@@H]1S(=O)(=O)c1ccc(Cl)cc1. The summed E-state index contributed by atoms with van der Waals surface area (Å²) in [7, 11) is -2.15. The van der Waals surface area contributed by atoms with E-state index in [1.54, 1.807) is 12.1 Å². The Balaban J connectivity index is 2.11. The van der Waals surface area contributed by atoms with Crippen LogP contribution in [0.2, 0.25) is 5.02 Å². The minimum absolute atomic E-state index is 0.151. The number of thiocarbonyl (C=S) groups is 1. The Morgan fingerprint density at radius 1 is 1.19 bits per heavy atom. The summed E-state index contributed by atoms with van der Waals surface area (Å²) in [6.07, 6.45) is 0. The average Bonchev–Trinajstić information content (AvgIpc) is 3.27. The monoisotopic (exact) mass is 409 g/mol. The van der Waals surface area contributed by atoms with E-state index in [1.165, 1.54) is 19.2 Å². The van der Waals surface area contributed by atoms with Gasteiger partial charge in [0.25, 0.3) is 0 Å². The highest BCUT2D eigenvalue weighted by Crippen LogP contribution is 2.64. The van der Waals surface area contributed by atoms with Crippen LogP contribution in [-0.4, -0.2) is 32.4 Å². The van der Waals surface area contributed by atoms with Crippen molar-refractivity contribution in [2.75, 3.05) is 13.7 Å². The lowest BCUT2D eigenvalue weighted by molar-refractivity contribution is 0.166. The van der Waals surface area contributed by atoms with Gasteiger partial charge in [0.2, 0.25) is 0 Å². The summed E-state index contributed by atoms with van der Waals surface area (Å²) in [4.78, 5) is 0.366. The lowest BCUT2D eigenvalue weighted by Crippen LogP contribution is -2.33. The van der Waals surface area contributed by atoms with Crippen molar-refractivity contribution in [3.8, 4) is 0 Å². The fourth-order valence-electron chi connectivity index (χ4n) is 3.65. The van der Waals surface area contributed by atoms with Gasteiger partial charge in [-0.25, -0.2) is 8.42 Å². The maximum absolute atomic E-state index is 13.3. The topological polar surface area (TPSA) is 69.4 Å². The van der Waals surface area contributed by atoms with Crippen LogP contribution in [0.5, 0.6) is 0 Å². The third-order valence-corrected chi connectivity index (χ3v) is 7.93. The van der Waals surface area contributed by atoms with E-state index in [-0.39, 0.29) is 22.4 Å². The normalized spacial score (nSPS) is 25.0. The molecule has 1 aliphatic rings. The van der Waals surface area contributed by atoms with Gasteiger partial charge in [-0.3, -0.25) is 0 Å². The molecule has 3 rings (SSSR count). The zero-order valence-corrected chi connectivity index (χ0v) is 16.9. The van der Waals surface area contributed by atoms with Gasteiger partial charge in [0.15, 0.2) is 9.84 Å². The van der Waals surface area contributed by atoms with Crippen molar-refractivity contribution in [3.63, 3.8) is 0 Å². The van der Waals surface area contributed by atoms with Crippen molar-refractivity contribution in [2.45, 2.75) is 23.0 Å². The van der Waals surface area contributed by atoms with Crippen molar-refractivity contribution in [3.05, 3.63) is 64.7 Å². The summed E-state index contributed by atoms with van der Waals surface area (Å²) in [5.41, 5.74) is 7.10. The number of halogens is 1. The summed E-state index contributed by atoms with van der Waals surface area (Å²) in [6.45, 7) is 2.13. The molecule has 0 heterocycles. The molecule has 138 valence electrons. The number of rotatable bonds is 6. The predicted octanol–water partition coefficient (Wildman–Crippen LogP) is 3.51. The Labute approximate surface area is 164 Å². The molecule has 0 radical (unpaired) electrons. The van der Waals surface area contributed by atoms with Gasteiger partial charge in [-0.05, 0) is 36.8 Å². The average molecular weight is 410 g/mol. The van der Waals surface area contributed by atoms with Gasteiger partial charge in [-0.1, -0.05) is 53.6 Å². The molecule has 1 fully saturated rings. The molecule has 0 saturated heterocycles. The van der Waals surface area contributed by atoms with Gasteiger partial charge in [0, 0.05) is 18.1 Å². The van der Waals surface area contributed by atoms with E-state index in [9.17, 15) is 8.42 Å². The second kappa shape index (κ2) is 6.93. The molecule has 0 amide bonds. The summed E-state index contributed by atoms with van der Waals surface area (Å²) in [5.74, 6) is -0.346. The molecule has 1 aliphatic carbocycles. The van der Waals surface area contributed by atoms with Crippen LogP contribution in [0, 0.1) is 12.3 Å². The second-order valence-corrected chi connectivity index (χ2v) is 9.59. The minimum atomic E-state index is -3.67. The van der Waals surface area contributed by atoms with E-state index in [1.807, 2.05) is 31.2 Å². The van der Waals surface area contributed by atoms with Gasteiger partial charge >= 0.3 is 0 Å². The number of ether oxygens (including phenoxy) is 1. The van der Waals surface area contributed by atoms with Crippen molar-refractivity contribution < 1.29 is 13.2 Å². The molecule has 0 bridgehead atoms. The number of hydrogen-bond donors (Lipinski definition) is 1. The molecule has 2 aromatic carbocycles. The van der Waals surface area contributed by atoms with E-state index < -0.39 is 20.5 Å². The first kappa shape index (κ1) is 19.3. The molecule has 2 aromatic rings. The van der Waals surface area contributed by atoms with Crippen LogP contribution < -0.4 is 5.73 Å². The molecule has 3 atom stereocenters. The standard InChI is InChI=1S/C19H20ClNO3S2/c1-12-3-5-13(6-4-12)16-17(19(16,11-24-2)18(21)25)26(22,23)15-9-7-14(20)8-10-15/h3-10,16-17H,11H2,1-2H3,(H2,21,25)/t16-,17-,19+/m0/s1. The molecule has 0 unspecified atom stereocenters. The van der Waals surface area contributed by atoms with Crippen LogP contribution in [0.25, 0.3) is 0 Å². The summed E-state index contributed by atoms with van der Waals surface area (Å²) in [6, 6.07) is 13.9. The zero-order chi connectivity index (χ0) is 19.1. The molecule has 0 aliphatic heterocycles. The Bertz CT molecular complexity index is 926. The summed E-state index contributed by atoms with van der Waals surface area (Å²) in [5, 5.41) is -0.288. The van der Waals surface area contributed by atoms with E-state index in [0.29, 0.717) is 5.02 Å². The third-order valence-electron chi connectivity index (χ3n) is 5.01. The van der Waals surface area contributed by atoms with Crippen molar-refractivity contribution >= 4 is 38.6 Å². The Morgan fingerprint density at radius 3 is 2.27 bits per heavy atom. The molecule has 0 spiro atoms.